The SMILES string of the molecule is CCOc1ccc(C2C(C(=O)C=Cc3ccccc3)=C(O)C(=O)N2CCN(CC)CC)cc1OC. The largest absolute Gasteiger partial charge is 0.503 e. The summed E-state index contributed by atoms with van der Waals surface area (Å²) in [7, 11) is 1.54. The van der Waals surface area contributed by atoms with Crippen LogP contribution in [0.25, 0.3) is 6.08 Å². The van der Waals surface area contributed by atoms with Gasteiger partial charge in [-0.25, -0.2) is 0 Å². The first kappa shape index (κ1) is 26.0. The topological polar surface area (TPSA) is 79.3 Å². The molecule has 1 N–H and O–H groups in total. The highest BCUT2D eigenvalue weighted by molar-refractivity contribution is 6.14. The lowest BCUT2D eigenvalue weighted by Gasteiger charge is -2.29. The molecule has 1 amide bonds. The third-order valence-electron chi connectivity index (χ3n) is 6.15. The van der Waals surface area contributed by atoms with Crippen LogP contribution in [0.2, 0.25) is 0 Å². The van der Waals surface area contributed by atoms with E-state index in [4.69, 9.17) is 9.47 Å². The van der Waals surface area contributed by atoms with Crippen LogP contribution in [0.15, 0.2) is 65.9 Å². The predicted octanol–water partition coefficient (Wildman–Crippen LogP) is 4.41. The normalized spacial score (nSPS) is 16.0. The molecular weight excluding hydrogens is 444 g/mol. The quantitative estimate of drug-likeness (QED) is 0.455. The number of aliphatic hydroxyl groups excluding tert-OH is 1. The molecule has 0 radical (unpaired) electrons. The molecule has 1 aliphatic rings. The number of ether oxygens (including phenoxy) is 2. The molecule has 1 heterocycles. The highest BCUT2D eigenvalue weighted by atomic mass is 16.5. The molecular formula is C28H34N2O5. The summed E-state index contributed by atoms with van der Waals surface area (Å²) in [6.07, 6.45) is 3.09. The molecule has 1 atom stereocenters. The van der Waals surface area contributed by atoms with Crippen molar-refractivity contribution in [1.82, 2.24) is 9.80 Å². The summed E-state index contributed by atoms with van der Waals surface area (Å²) in [6.45, 7) is 9.14. The first-order chi connectivity index (χ1) is 16.9. The number of likely N-dealkylation sites (N-methyl/N-ethyl adjacent to an activating group) is 1. The van der Waals surface area contributed by atoms with Gasteiger partial charge in [-0.15, -0.1) is 0 Å². The minimum absolute atomic E-state index is 0.0629. The Morgan fingerprint density at radius 3 is 2.43 bits per heavy atom. The van der Waals surface area contributed by atoms with Crippen molar-refractivity contribution in [2.75, 3.05) is 39.9 Å². The Bertz CT molecular complexity index is 1090. The first-order valence-electron chi connectivity index (χ1n) is 12.0. The Kier molecular flexibility index (Phi) is 9.09. The Balaban J connectivity index is 2.01. The third kappa shape index (κ3) is 5.92. The smallest absolute Gasteiger partial charge is 0.290 e. The molecule has 0 saturated carbocycles. The molecule has 0 bridgehead atoms. The molecule has 3 rings (SSSR count). The van der Waals surface area contributed by atoms with Crippen molar-refractivity contribution < 1.29 is 24.2 Å². The molecule has 1 unspecified atom stereocenters. The zero-order valence-electron chi connectivity index (χ0n) is 20.9. The number of hydrogen-bond acceptors (Lipinski definition) is 6. The molecule has 2 aromatic carbocycles. The maximum Gasteiger partial charge on any atom is 0.290 e. The second-order valence-electron chi connectivity index (χ2n) is 8.14. The lowest BCUT2D eigenvalue weighted by molar-refractivity contribution is -0.129. The molecule has 0 fully saturated rings. The van der Waals surface area contributed by atoms with Crippen molar-refractivity contribution in [2.45, 2.75) is 26.8 Å². The molecule has 35 heavy (non-hydrogen) atoms. The molecule has 2 aromatic rings. The van der Waals surface area contributed by atoms with Crippen molar-refractivity contribution in [3.8, 4) is 11.5 Å². The van der Waals surface area contributed by atoms with Gasteiger partial charge in [0.2, 0.25) is 0 Å². The molecule has 1 aliphatic heterocycles. The number of benzene rings is 2. The average molecular weight is 479 g/mol. The Morgan fingerprint density at radius 1 is 1.09 bits per heavy atom. The number of rotatable bonds is 12. The molecule has 7 nitrogen and oxygen atoms in total. The van der Waals surface area contributed by atoms with E-state index in [9.17, 15) is 14.7 Å². The van der Waals surface area contributed by atoms with Gasteiger partial charge >= 0.3 is 0 Å². The van der Waals surface area contributed by atoms with Gasteiger partial charge in [-0.2, -0.15) is 0 Å². The number of amides is 1. The number of nitrogens with zero attached hydrogens (tertiary/aromatic N) is 2. The fraction of sp³-hybridized carbons (Fsp3) is 0.357. The van der Waals surface area contributed by atoms with E-state index in [1.54, 1.807) is 30.2 Å². The van der Waals surface area contributed by atoms with Gasteiger partial charge in [-0.1, -0.05) is 56.3 Å². The van der Waals surface area contributed by atoms with Crippen molar-refractivity contribution in [2.24, 2.45) is 0 Å². The highest BCUT2D eigenvalue weighted by Crippen LogP contribution is 2.41. The van der Waals surface area contributed by atoms with Crippen LogP contribution in [0.5, 0.6) is 11.5 Å². The van der Waals surface area contributed by atoms with E-state index in [1.807, 2.05) is 43.3 Å². The lowest BCUT2D eigenvalue weighted by Crippen LogP contribution is -2.38. The van der Waals surface area contributed by atoms with Crippen LogP contribution in [0.4, 0.5) is 0 Å². The highest BCUT2D eigenvalue weighted by Gasteiger charge is 2.43. The van der Waals surface area contributed by atoms with E-state index in [-0.39, 0.29) is 5.57 Å². The van der Waals surface area contributed by atoms with Gasteiger partial charge < -0.3 is 24.4 Å². The molecule has 186 valence electrons. The van der Waals surface area contributed by atoms with E-state index in [0.29, 0.717) is 36.8 Å². The van der Waals surface area contributed by atoms with Crippen LogP contribution >= 0.6 is 0 Å². The van der Waals surface area contributed by atoms with Gasteiger partial charge in [0.15, 0.2) is 23.0 Å². The van der Waals surface area contributed by atoms with Crippen LogP contribution < -0.4 is 9.47 Å². The van der Waals surface area contributed by atoms with Crippen LogP contribution in [0.3, 0.4) is 0 Å². The minimum Gasteiger partial charge on any atom is -0.503 e. The van der Waals surface area contributed by atoms with Gasteiger partial charge in [0.05, 0.1) is 25.3 Å². The Hall–Kier alpha value is -3.58. The number of carbonyl (C=O) groups excluding carboxylic acids is 2. The zero-order valence-corrected chi connectivity index (χ0v) is 20.9. The second kappa shape index (κ2) is 12.2. The summed E-state index contributed by atoms with van der Waals surface area (Å²) < 4.78 is 11.1. The van der Waals surface area contributed by atoms with Crippen molar-refractivity contribution in [3.05, 3.63) is 77.1 Å². The van der Waals surface area contributed by atoms with Crippen LogP contribution in [-0.2, 0) is 9.59 Å². The predicted molar refractivity (Wildman–Crippen MR) is 137 cm³/mol. The molecule has 0 aliphatic carbocycles. The maximum absolute atomic E-state index is 13.3. The number of methoxy groups -OCH3 is 1. The zero-order chi connectivity index (χ0) is 25.4. The van der Waals surface area contributed by atoms with Gasteiger partial charge in [0.1, 0.15) is 0 Å². The number of carbonyl (C=O) groups is 2. The van der Waals surface area contributed by atoms with Crippen molar-refractivity contribution in [1.29, 1.82) is 0 Å². The van der Waals surface area contributed by atoms with E-state index in [1.165, 1.54) is 6.08 Å². The summed E-state index contributed by atoms with van der Waals surface area (Å²) >= 11 is 0. The standard InChI is InChI=1S/C28H34N2O5/c1-5-29(6-2)17-18-30-26(21-14-16-23(35-7-3)24(19-21)34-4)25(27(32)28(30)33)22(31)15-13-20-11-9-8-10-12-20/h8-16,19,26,32H,5-7,17-18H2,1-4H3. The van der Waals surface area contributed by atoms with Crippen LogP contribution in [0, 0.1) is 0 Å². The molecule has 0 aromatic heterocycles. The van der Waals surface area contributed by atoms with Crippen LogP contribution in [-0.4, -0.2) is 66.5 Å². The van der Waals surface area contributed by atoms with Gasteiger partial charge in [-0.05, 0) is 49.3 Å². The monoisotopic (exact) mass is 478 g/mol. The third-order valence-corrected chi connectivity index (χ3v) is 6.15. The summed E-state index contributed by atoms with van der Waals surface area (Å²) in [4.78, 5) is 30.2. The first-order valence-corrected chi connectivity index (χ1v) is 12.0. The van der Waals surface area contributed by atoms with Gasteiger partial charge in [0, 0.05) is 13.1 Å². The minimum atomic E-state index is -0.740. The summed E-state index contributed by atoms with van der Waals surface area (Å²) in [6, 6.07) is 14.0. The number of aliphatic hydroxyl groups is 1. The lowest BCUT2D eigenvalue weighted by atomic mass is 9.95. The Labute approximate surface area is 207 Å². The fourth-order valence-electron chi connectivity index (χ4n) is 4.23. The summed E-state index contributed by atoms with van der Waals surface area (Å²) in [5.74, 6) is -0.402. The van der Waals surface area contributed by atoms with E-state index < -0.39 is 23.5 Å². The summed E-state index contributed by atoms with van der Waals surface area (Å²) in [5, 5.41) is 10.8. The maximum atomic E-state index is 13.3. The summed E-state index contributed by atoms with van der Waals surface area (Å²) in [5.41, 5.74) is 1.58. The van der Waals surface area contributed by atoms with Crippen LogP contribution in [0.1, 0.15) is 37.9 Å². The number of ketones is 1. The van der Waals surface area contributed by atoms with E-state index in [0.717, 1.165) is 18.7 Å². The molecule has 0 spiro atoms. The van der Waals surface area contributed by atoms with Crippen molar-refractivity contribution in [3.63, 3.8) is 0 Å². The van der Waals surface area contributed by atoms with Crippen molar-refractivity contribution >= 4 is 17.8 Å². The Morgan fingerprint density at radius 2 is 1.80 bits per heavy atom. The molecule has 7 heteroatoms. The van der Waals surface area contributed by atoms with E-state index in [2.05, 4.69) is 18.7 Å². The van der Waals surface area contributed by atoms with Gasteiger partial charge in [-0.3, -0.25) is 9.59 Å². The second-order valence-corrected chi connectivity index (χ2v) is 8.14. The average Bonchev–Trinajstić information content (AvgIpc) is 3.14. The molecule has 0 saturated heterocycles. The van der Waals surface area contributed by atoms with E-state index >= 15 is 0 Å². The number of allylic oxidation sites excluding steroid dienone is 1. The fourth-order valence-corrected chi connectivity index (χ4v) is 4.23. The van der Waals surface area contributed by atoms with Gasteiger partial charge in [0.25, 0.3) is 5.91 Å². The number of hydrogen-bond donors (Lipinski definition) is 1.